The van der Waals surface area contributed by atoms with Gasteiger partial charge < -0.3 is 40.0 Å². The molecule has 0 radical (unpaired) electrons. The Morgan fingerprint density at radius 2 is 1.85 bits per heavy atom. The fourth-order valence-corrected chi connectivity index (χ4v) is 8.48. The molecular weight excluding hydrogens is 689 g/mol. The number of sulfonamides is 1. The van der Waals surface area contributed by atoms with Crippen LogP contribution in [0.1, 0.15) is 37.0 Å². The monoisotopic (exact) mass is 734 g/mol. The van der Waals surface area contributed by atoms with Crippen LogP contribution < -0.4 is 15.5 Å². The summed E-state index contributed by atoms with van der Waals surface area (Å²) in [6.45, 7) is 4.24. The molecule has 5 atom stereocenters. The highest BCUT2D eigenvalue weighted by atomic mass is 32.2. The summed E-state index contributed by atoms with van der Waals surface area (Å²) < 4.78 is 46.8. The van der Waals surface area contributed by atoms with E-state index in [2.05, 4.69) is 10.6 Å². The maximum atomic E-state index is 14.3. The number of anilines is 2. The molecule has 5 unspecified atom stereocenters. The van der Waals surface area contributed by atoms with Gasteiger partial charge in [-0.3, -0.25) is 4.79 Å². The Labute approximate surface area is 304 Å². The number of amides is 2. The minimum atomic E-state index is -4.22. The first-order chi connectivity index (χ1) is 24.8. The Hall–Kier alpha value is -4.47. The van der Waals surface area contributed by atoms with Crippen LogP contribution in [-0.2, 0) is 35.4 Å². The standard InChI is InChI=1S/C38H46N4O9S/c1-23(2)20-42(21-34(44)31(17-24-8-6-5-7-9-24)40-38(46)51-35-22-50-37-27(35)14-15-49-37)52(47,48)26-11-12-30-28(19-26)29(36(45)39-30)16-25-10-13-32(41(3)4)33(43)18-25/h5-13,16,18-19,23,27,31,34-35,37,43-44H,14-15,17,20-22H2,1-4H3,(H,39,45)(H,40,46). The molecule has 0 spiro atoms. The van der Waals surface area contributed by atoms with E-state index in [0.29, 0.717) is 35.5 Å². The molecule has 0 bridgehead atoms. The maximum Gasteiger partial charge on any atom is 0.407 e. The number of nitrogens with one attached hydrogen (secondary N) is 2. The third-order valence-electron chi connectivity index (χ3n) is 9.47. The largest absolute Gasteiger partial charge is 0.506 e. The number of phenols is 1. The lowest BCUT2D eigenvalue weighted by Crippen LogP contribution is -2.51. The average Bonchev–Trinajstić information content (AvgIpc) is 3.80. The molecule has 52 heavy (non-hydrogen) atoms. The average molecular weight is 735 g/mol. The number of carbonyl (C=O) groups excluding carboxylic acids is 2. The second-order valence-corrected chi connectivity index (χ2v) is 16.0. The van der Waals surface area contributed by atoms with Gasteiger partial charge in [0, 0.05) is 44.0 Å². The lowest BCUT2D eigenvalue weighted by molar-refractivity contribution is -0.110. The Kier molecular flexibility index (Phi) is 11.2. The molecule has 3 aliphatic rings. The van der Waals surface area contributed by atoms with Gasteiger partial charge in [0.2, 0.25) is 10.0 Å². The molecule has 4 N–H and O–H groups in total. The summed E-state index contributed by atoms with van der Waals surface area (Å²) in [7, 11) is -0.617. The van der Waals surface area contributed by atoms with E-state index in [0.717, 1.165) is 5.56 Å². The van der Waals surface area contributed by atoms with Gasteiger partial charge >= 0.3 is 6.09 Å². The summed E-state index contributed by atoms with van der Waals surface area (Å²) in [6.07, 6.45) is -0.436. The van der Waals surface area contributed by atoms with Crippen LogP contribution in [0.3, 0.4) is 0 Å². The van der Waals surface area contributed by atoms with Gasteiger partial charge in [0.25, 0.3) is 5.91 Å². The van der Waals surface area contributed by atoms with Gasteiger partial charge in [-0.05, 0) is 66.3 Å². The fraction of sp³-hybridized carbons (Fsp3) is 0.421. The van der Waals surface area contributed by atoms with Gasteiger partial charge in [0.1, 0.15) is 11.9 Å². The Morgan fingerprint density at radius 1 is 1.08 bits per heavy atom. The molecule has 6 rings (SSSR count). The molecule has 3 aromatic carbocycles. The Morgan fingerprint density at radius 3 is 2.56 bits per heavy atom. The predicted octanol–water partition coefficient (Wildman–Crippen LogP) is 4.06. The normalized spacial score (nSPS) is 21.6. The van der Waals surface area contributed by atoms with E-state index in [-0.39, 0.29) is 54.2 Å². The molecule has 3 aromatic rings. The summed E-state index contributed by atoms with van der Waals surface area (Å²) in [5.41, 5.74) is 3.09. The number of ether oxygens (including phenoxy) is 3. The van der Waals surface area contributed by atoms with Crippen molar-refractivity contribution in [2.24, 2.45) is 11.8 Å². The predicted molar refractivity (Wildman–Crippen MR) is 196 cm³/mol. The molecule has 2 fully saturated rings. The van der Waals surface area contributed by atoms with E-state index in [9.17, 15) is 28.2 Å². The quantitative estimate of drug-likeness (QED) is 0.188. The van der Waals surface area contributed by atoms with Crippen LogP contribution in [0.5, 0.6) is 5.75 Å². The SMILES string of the molecule is CC(C)CN(CC(O)C(Cc1ccccc1)NC(=O)OC1COC2OCCC12)S(=O)(=O)c1ccc2c(c1)C(=Cc1ccc(N(C)C)c(O)c1)C(=O)N2. The van der Waals surface area contributed by atoms with Gasteiger partial charge in [-0.25, -0.2) is 13.2 Å². The zero-order valence-corrected chi connectivity index (χ0v) is 30.5. The first-order valence-corrected chi connectivity index (χ1v) is 18.8. The van der Waals surface area contributed by atoms with Gasteiger partial charge in [-0.15, -0.1) is 0 Å². The zero-order chi connectivity index (χ0) is 37.2. The van der Waals surface area contributed by atoms with Crippen molar-refractivity contribution in [3.63, 3.8) is 0 Å². The van der Waals surface area contributed by atoms with Gasteiger partial charge in [-0.2, -0.15) is 4.31 Å². The number of aliphatic hydroxyl groups excluding tert-OH is 1. The number of carbonyl (C=O) groups is 2. The molecule has 3 heterocycles. The van der Waals surface area contributed by atoms with Crippen molar-refractivity contribution < 1.29 is 42.4 Å². The number of benzene rings is 3. The molecule has 3 aliphatic heterocycles. The minimum Gasteiger partial charge on any atom is -0.506 e. The minimum absolute atomic E-state index is 0.0371. The van der Waals surface area contributed by atoms with Crippen LogP contribution in [0.2, 0.25) is 0 Å². The van der Waals surface area contributed by atoms with Crippen molar-refractivity contribution in [1.82, 2.24) is 9.62 Å². The first kappa shape index (κ1) is 37.3. The van der Waals surface area contributed by atoms with E-state index >= 15 is 0 Å². The van der Waals surface area contributed by atoms with Gasteiger partial charge in [0.05, 0.1) is 41.9 Å². The maximum absolute atomic E-state index is 14.3. The summed E-state index contributed by atoms with van der Waals surface area (Å²) in [4.78, 5) is 28.0. The highest BCUT2D eigenvalue weighted by Gasteiger charge is 2.44. The van der Waals surface area contributed by atoms with E-state index in [4.69, 9.17) is 14.2 Å². The van der Waals surface area contributed by atoms with Crippen molar-refractivity contribution in [2.75, 3.05) is 50.6 Å². The van der Waals surface area contributed by atoms with Gasteiger partial charge in [0.15, 0.2) is 6.29 Å². The summed E-state index contributed by atoms with van der Waals surface area (Å²) in [5, 5.41) is 27.8. The molecule has 2 saturated heterocycles. The molecule has 13 nitrogen and oxygen atoms in total. The van der Waals surface area contributed by atoms with Crippen molar-refractivity contribution in [1.29, 1.82) is 0 Å². The Bertz CT molecular complexity index is 1920. The molecule has 0 saturated carbocycles. The lowest BCUT2D eigenvalue weighted by Gasteiger charge is -2.31. The summed E-state index contributed by atoms with van der Waals surface area (Å²) >= 11 is 0. The molecular formula is C38H46N4O9S. The number of hydrogen-bond acceptors (Lipinski definition) is 10. The van der Waals surface area contributed by atoms with E-state index in [1.54, 1.807) is 43.3 Å². The summed E-state index contributed by atoms with van der Waals surface area (Å²) in [5.74, 6) is -0.548. The van der Waals surface area contributed by atoms with E-state index in [1.807, 2.05) is 44.2 Å². The molecule has 2 amide bonds. The van der Waals surface area contributed by atoms with Crippen molar-refractivity contribution in [2.45, 2.75) is 56.1 Å². The van der Waals surface area contributed by atoms with Crippen molar-refractivity contribution in [3.05, 3.63) is 83.4 Å². The fourth-order valence-electron chi connectivity index (χ4n) is 6.83. The van der Waals surface area contributed by atoms with Crippen LogP contribution in [-0.4, -0.2) is 99.9 Å². The van der Waals surface area contributed by atoms with Crippen LogP contribution in [0.15, 0.2) is 71.6 Å². The van der Waals surface area contributed by atoms with Crippen LogP contribution >= 0.6 is 0 Å². The highest BCUT2D eigenvalue weighted by Crippen LogP contribution is 2.37. The topological polar surface area (TPSA) is 167 Å². The number of aromatic hydroxyl groups is 1. The number of rotatable bonds is 13. The van der Waals surface area contributed by atoms with Crippen molar-refractivity contribution >= 4 is 45.0 Å². The number of fused-ring (bicyclic) bond motifs is 2. The third kappa shape index (κ3) is 8.26. The van der Waals surface area contributed by atoms with E-state index < -0.39 is 46.6 Å². The number of alkyl carbamates (subject to hydrolysis) is 1. The number of phenolic OH excluding ortho intramolecular Hbond substituents is 1. The van der Waals surface area contributed by atoms with Crippen LogP contribution in [0, 0.1) is 11.8 Å². The zero-order valence-electron chi connectivity index (χ0n) is 29.7. The third-order valence-corrected chi connectivity index (χ3v) is 11.3. The number of aliphatic hydroxyl groups is 1. The van der Waals surface area contributed by atoms with Gasteiger partial charge in [-0.1, -0.05) is 50.2 Å². The second-order valence-electron chi connectivity index (χ2n) is 14.1. The molecule has 0 aromatic heterocycles. The van der Waals surface area contributed by atoms with E-state index in [1.165, 1.54) is 22.5 Å². The number of hydrogen-bond donors (Lipinski definition) is 4. The van der Waals surface area contributed by atoms with Crippen LogP contribution in [0.25, 0.3) is 11.6 Å². The molecule has 0 aliphatic carbocycles. The molecule has 14 heteroatoms. The Balaban J connectivity index is 1.25. The second kappa shape index (κ2) is 15.6. The lowest BCUT2D eigenvalue weighted by atomic mass is 10.0. The number of nitrogens with zero attached hydrogens (tertiary/aromatic N) is 2. The first-order valence-electron chi connectivity index (χ1n) is 17.4. The van der Waals surface area contributed by atoms with Crippen LogP contribution in [0.4, 0.5) is 16.2 Å². The smallest absolute Gasteiger partial charge is 0.407 e. The highest BCUT2D eigenvalue weighted by molar-refractivity contribution is 7.89. The van der Waals surface area contributed by atoms with Crippen molar-refractivity contribution in [3.8, 4) is 5.75 Å². The molecule has 278 valence electrons. The summed E-state index contributed by atoms with van der Waals surface area (Å²) in [6, 6.07) is 17.8.